The Labute approximate surface area is 91.7 Å². The molecule has 0 aliphatic carbocycles. The topological polar surface area (TPSA) is 12.0 Å². The molecule has 0 saturated carbocycles. The highest BCUT2D eigenvalue weighted by Gasteiger charge is 2.04. The molecule has 0 radical (unpaired) electrons. The third kappa shape index (κ3) is 3.63. The Bertz CT molecular complexity index is 305. The Morgan fingerprint density at radius 3 is 2.53 bits per heavy atom. The molecule has 15 heavy (non-hydrogen) atoms. The monoisotopic (exact) mass is 209 g/mol. The van der Waals surface area contributed by atoms with Crippen LogP contribution < -0.4 is 5.32 Å². The Kier molecular flexibility index (Phi) is 4.76. The van der Waals surface area contributed by atoms with Crippen molar-refractivity contribution >= 4 is 0 Å². The molecule has 0 bridgehead atoms. The van der Waals surface area contributed by atoms with Crippen LogP contribution in [0.4, 0.5) is 4.39 Å². The van der Waals surface area contributed by atoms with Crippen LogP contribution in [-0.2, 0) is 6.54 Å². The largest absolute Gasteiger partial charge is 0.310 e. The quantitative estimate of drug-likeness (QED) is 0.783. The smallest absolute Gasteiger partial charge is 0.123 e. The van der Waals surface area contributed by atoms with Crippen molar-refractivity contribution in [1.82, 2.24) is 5.32 Å². The zero-order valence-electron chi connectivity index (χ0n) is 9.81. The lowest BCUT2D eigenvalue weighted by Gasteiger charge is -2.15. The van der Waals surface area contributed by atoms with E-state index in [1.807, 2.05) is 13.0 Å². The van der Waals surface area contributed by atoms with Crippen molar-refractivity contribution in [1.29, 1.82) is 0 Å². The van der Waals surface area contributed by atoms with Gasteiger partial charge in [0.2, 0.25) is 0 Å². The lowest BCUT2D eigenvalue weighted by atomic mass is 10.1. The minimum Gasteiger partial charge on any atom is -0.310 e. The number of nitrogens with one attached hydrogen (secondary N) is 1. The third-order valence-corrected chi connectivity index (χ3v) is 2.88. The molecule has 0 fully saturated rings. The van der Waals surface area contributed by atoms with E-state index in [9.17, 15) is 4.39 Å². The van der Waals surface area contributed by atoms with Gasteiger partial charge in [-0.25, -0.2) is 4.39 Å². The molecule has 0 unspecified atom stereocenters. The van der Waals surface area contributed by atoms with Crippen LogP contribution in [0.25, 0.3) is 0 Å². The van der Waals surface area contributed by atoms with Gasteiger partial charge in [-0.15, -0.1) is 0 Å². The minimum absolute atomic E-state index is 0.151. The van der Waals surface area contributed by atoms with Crippen LogP contribution in [0.5, 0.6) is 0 Å². The maximum Gasteiger partial charge on any atom is 0.123 e. The summed E-state index contributed by atoms with van der Waals surface area (Å²) >= 11 is 0. The average Bonchev–Trinajstić information content (AvgIpc) is 2.24. The zero-order chi connectivity index (χ0) is 11.3. The summed E-state index contributed by atoms with van der Waals surface area (Å²) in [4.78, 5) is 0. The van der Waals surface area contributed by atoms with E-state index in [1.165, 1.54) is 6.07 Å². The van der Waals surface area contributed by atoms with Gasteiger partial charge in [0, 0.05) is 12.6 Å². The van der Waals surface area contributed by atoms with Crippen LogP contribution in [0, 0.1) is 12.7 Å². The summed E-state index contributed by atoms with van der Waals surface area (Å²) < 4.78 is 13.0. The molecule has 0 spiro atoms. The van der Waals surface area contributed by atoms with Gasteiger partial charge in [0.1, 0.15) is 5.82 Å². The maximum absolute atomic E-state index is 13.0. The molecular formula is C13H20FN. The standard InChI is InChI=1S/C13H20FN/c1-4-13(5-2)15-9-11-8-12(14)7-6-10(11)3/h6-8,13,15H,4-5,9H2,1-3H3. The highest BCUT2D eigenvalue weighted by atomic mass is 19.1. The van der Waals surface area contributed by atoms with E-state index in [1.54, 1.807) is 6.07 Å². The molecule has 2 heteroatoms. The Morgan fingerprint density at radius 2 is 1.93 bits per heavy atom. The van der Waals surface area contributed by atoms with Crippen LogP contribution >= 0.6 is 0 Å². The molecule has 84 valence electrons. The molecule has 1 N–H and O–H groups in total. The first kappa shape index (κ1) is 12.2. The lowest BCUT2D eigenvalue weighted by Crippen LogP contribution is -2.27. The molecule has 1 aromatic carbocycles. The van der Waals surface area contributed by atoms with Crippen LogP contribution in [-0.4, -0.2) is 6.04 Å². The van der Waals surface area contributed by atoms with E-state index in [-0.39, 0.29) is 5.82 Å². The average molecular weight is 209 g/mol. The van der Waals surface area contributed by atoms with E-state index in [0.29, 0.717) is 6.04 Å². The van der Waals surface area contributed by atoms with Gasteiger partial charge < -0.3 is 5.32 Å². The number of aryl methyl sites for hydroxylation is 1. The normalized spacial score (nSPS) is 11.0. The molecular weight excluding hydrogens is 189 g/mol. The highest BCUT2D eigenvalue weighted by molar-refractivity contribution is 5.26. The zero-order valence-corrected chi connectivity index (χ0v) is 9.81. The second-order valence-electron chi connectivity index (χ2n) is 3.97. The lowest BCUT2D eigenvalue weighted by molar-refractivity contribution is 0.482. The van der Waals surface area contributed by atoms with Crippen molar-refractivity contribution in [2.75, 3.05) is 0 Å². The first-order chi connectivity index (χ1) is 7.17. The molecule has 1 aromatic rings. The Balaban J connectivity index is 2.60. The molecule has 0 aliphatic rings. The molecule has 1 nitrogen and oxygen atoms in total. The summed E-state index contributed by atoms with van der Waals surface area (Å²) in [5.74, 6) is -0.151. The van der Waals surface area contributed by atoms with Crippen molar-refractivity contribution in [3.63, 3.8) is 0 Å². The van der Waals surface area contributed by atoms with Crippen LogP contribution in [0.1, 0.15) is 37.8 Å². The summed E-state index contributed by atoms with van der Waals surface area (Å²) in [5.41, 5.74) is 2.21. The number of rotatable bonds is 5. The predicted octanol–water partition coefficient (Wildman–Crippen LogP) is 3.41. The van der Waals surface area contributed by atoms with E-state index in [0.717, 1.165) is 30.5 Å². The summed E-state index contributed by atoms with van der Waals surface area (Å²) in [6.07, 6.45) is 2.23. The molecule has 0 aliphatic heterocycles. The highest BCUT2D eigenvalue weighted by Crippen LogP contribution is 2.10. The maximum atomic E-state index is 13.0. The second-order valence-corrected chi connectivity index (χ2v) is 3.97. The van der Waals surface area contributed by atoms with Crippen LogP contribution in [0.15, 0.2) is 18.2 Å². The van der Waals surface area contributed by atoms with Gasteiger partial charge in [-0.3, -0.25) is 0 Å². The van der Waals surface area contributed by atoms with Gasteiger partial charge in [0.05, 0.1) is 0 Å². The van der Waals surface area contributed by atoms with Crippen LogP contribution in [0.3, 0.4) is 0 Å². The van der Waals surface area contributed by atoms with E-state index in [4.69, 9.17) is 0 Å². The van der Waals surface area contributed by atoms with Crippen molar-refractivity contribution < 1.29 is 4.39 Å². The van der Waals surface area contributed by atoms with Gasteiger partial charge in [-0.2, -0.15) is 0 Å². The van der Waals surface area contributed by atoms with E-state index >= 15 is 0 Å². The fourth-order valence-electron chi connectivity index (χ4n) is 1.66. The molecule has 0 atom stereocenters. The summed E-state index contributed by atoms with van der Waals surface area (Å²) in [6, 6.07) is 5.49. The second kappa shape index (κ2) is 5.86. The van der Waals surface area contributed by atoms with Gasteiger partial charge in [0.15, 0.2) is 0 Å². The minimum atomic E-state index is -0.151. The predicted molar refractivity (Wildman–Crippen MR) is 62.3 cm³/mol. The van der Waals surface area contributed by atoms with E-state index < -0.39 is 0 Å². The molecule has 0 saturated heterocycles. The number of hydrogen-bond donors (Lipinski definition) is 1. The molecule has 1 rings (SSSR count). The third-order valence-electron chi connectivity index (χ3n) is 2.88. The fraction of sp³-hybridized carbons (Fsp3) is 0.538. The summed E-state index contributed by atoms with van der Waals surface area (Å²) in [7, 11) is 0. The van der Waals surface area contributed by atoms with Crippen molar-refractivity contribution in [2.45, 2.75) is 46.2 Å². The van der Waals surface area contributed by atoms with Gasteiger partial charge in [0.25, 0.3) is 0 Å². The fourth-order valence-corrected chi connectivity index (χ4v) is 1.66. The molecule has 0 amide bonds. The first-order valence-corrected chi connectivity index (χ1v) is 5.65. The van der Waals surface area contributed by atoms with Gasteiger partial charge in [-0.1, -0.05) is 19.9 Å². The molecule has 0 heterocycles. The molecule has 0 aromatic heterocycles. The van der Waals surface area contributed by atoms with Crippen molar-refractivity contribution in [3.05, 3.63) is 35.1 Å². The Hall–Kier alpha value is -0.890. The van der Waals surface area contributed by atoms with Gasteiger partial charge in [-0.05, 0) is 43.0 Å². The number of hydrogen-bond acceptors (Lipinski definition) is 1. The Morgan fingerprint density at radius 1 is 1.27 bits per heavy atom. The van der Waals surface area contributed by atoms with E-state index in [2.05, 4.69) is 19.2 Å². The van der Waals surface area contributed by atoms with Gasteiger partial charge >= 0.3 is 0 Å². The van der Waals surface area contributed by atoms with Crippen LogP contribution in [0.2, 0.25) is 0 Å². The number of benzene rings is 1. The summed E-state index contributed by atoms with van der Waals surface area (Å²) in [6.45, 7) is 7.11. The number of halogens is 1. The van der Waals surface area contributed by atoms with Crippen molar-refractivity contribution in [3.8, 4) is 0 Å². The first-order valence-electron chi connectivity index (χ1n) is 5.65. The SMILES string of the molecule is CCC(CC)NCc1cc(F)ccc1C. The van der Waals surface area contributed by atoms with Crippen molar-refractivity contribution in [2.24, 2.45) is 0 Å². The summed E-state index contributed by atoms with van der Waals surface area (Å²) in [5, 5.41) is 3.44.